The van der Waals surface area contributed by atoms with Gasteiger partial charge in [-0.2, -0.15) is 0 Å². The van der Waals surface area contributed by atoms with Crippen LogP contribution in [-0.2, 0) is 9.84 Å². The summed E-state index contributed by atoms with van der Waals surface area (Å²) in [7, 11) is -1.45. The molecule has 1 saturated heterocycles. The quantitative estimate of drug-likeness (QED) is 0.872. The van der Waals surface area contributed by atoms with Crippen LogP contribution >= 0.6 is 0 Å². The van der Waals surface area contributed by atoms with E-state index >= 15 is 0 Å². The molecule has 0 spiro atoms. The molecule has 1 fully saturated rings. The van der Waals surface area contributed by atoms with Crippen molar-refractivity contribution in [3.05, 3.63) is 29.8 Å². The molecule has 98 valence electrons. The van der Waals surface area contributed by atoms with E-state index in [-0.39, 0.29) is 23.5 Å². The minimum absolute atomic E-state index is 0.0305. The first-order valence-electron chi connectivity index (χ1n) is 5.65. The van der Waals surface area contributed by atoms with Crippen molar-refractivity contribution in [3.8, 4) is 5.75 Å². The number of nitrogens with one attached hydrogen (secondary N) is 1. The molecule has 5 nitrogen and oxygen atoms in total. The number of rotatable bonds is 3. The van der Waals surface area contributed by atoms with Crippen molar-refractivity contribution in [1.82, 2.24) is 5.32 Å². The normalized spacial score (nSPS) is 21.5. The smallest absolute Gasteiger partial charge is 0.251 e. The van der Waals surface area contributed by atoms with Crippen LogP contribution in [0.3, 0.4) is 0 Å². The zero-order valence-electron chi connectivity index (χ0n) is 10.0. The Labute approximate surface area is 106 Å². The molecule has 1 aromatic rings. The minimum Gasteiger partial charge on any atom is -0.497 e. The van der Waals surface area contributed by atoms with E-state index in [2.05, 4.69) is 5.32 Å². The maximum Gasteiger partial charge on any atom is 0.251 e. The van der Waals surface area contributed by atoms with Gasteiger partial charge in [-0.05, 0) is 24.6 Å². The average molecular weight is 269 g/mol. The van der Waals surface area contributed by atoms with Crippen molar-refractivity contribution in [1.29, 1.82) is 0 Å². The number of ether oxygens (including phenoxy) is 1. The van der Waals surface area contributed by atoms with Gasteiger partial charge >= 0.3 is 0 Å². The number of methoxy groups -OCH3 is 1. The molecule has 6 heteroatoms. The number of sulfone groups is 1. The van der Waals surface area contributed by atoms with E-state index in [9.17, 15) is 13.2 Å². The van der Waals surface area contributed by atoms with Gasteiger partial charge in [0.15, 0.2) is 9.84 Å². The van der Waals surface area contributed by atoms with Crippen molar-refractivity contribution >= 4 is 15.7 Å². The monoisotopic (exact) mass is 269 g/mol. The van der Waals surface area contributed by atoms with Gasteiger partial charge in [0, 0.05) is 11.6 Å². The van der Waals surface area contributed by atoms with Crippen LogP contribution in [0.15, 0.2) is 24.3 Å². The minimum atomic E-state index is -2.98. The Bertz CT molecular complexity index is 553. The Balaban J connectivity index is 2.04. The molecule has 1 amide bonds. The molecule has 18 heavy (non-hydrogen) atoms. The Morgan fingerprint density at radius 1 is 1.44 bits per heavy atom. The molecule has 1 heterocycles. The summed E-state index contributed by atoms with van der Waals surface area (Å²) in [5.41, 5.74) is 0.471. The SMILES string of the molecule is COc1cccc(C(=O)NC2CCS(=O)(=O)C2)c1. The highest BCUT2D eigenvalue weighted by atomic mass is 32.2. The van der Waals surface area contributed by atoms with Crippen LogP contribution in [0.4, 0.5) is 0 Å². The molecule has 0 radical (unpaired) electrons. The summed E-state index contributed by atoms with van der Waals surface area (Å²) in [4.78, 5) is 11.9. The van der Waals surface area contributed by atoms with Gasteiger partial charge in [-0.15, -0.1) is 0 Å². The number of carbonyl (C=O) groups is 1. The summed E-state index contributed by atoms with van der Waals surface area (Å²) in [6.45, 7) is 0. The molecule has 0 saturated carbocycles. The lowest BCUT2D eigenvalue weighted by molar-refractivity contribution is 0.0941. The van der Waals surface area contributed by atoms with Gasteiger partial charge < -0.3 is 10.1 Å². The second-order valence-electron chi connectivity index (χ2n) is 4.31. The van der Waals surface area contributed by atoms with Gasteiger partial charge in [0.1, 0.15) is 5.75 Å². The third-order valence-corrected chi connectivity index (χ3v) is 4.67. The predicted octanol–water partition coefficient (Wildman–Crippen LogP) is 0.612. The Kier molecular flexibility index (Phi) is 3.56. The lowest BCUT2D eigenvalue weighted by Crippen LogP contribution is -2.35. The Morgan fingerprint density at radius 3 is 2.83 bits per heavy atom. The van der Waals surface area contributed by atoms with Crippen LogP contribution in [0.25, 0.3) is 0 Å². The number of hydrogen-bond donors (Lipinski definition) is 1. The Hall–Kier alpha value is -1.56. The Morgan fingerprint density at radius 2 is 2.22 bits per heavy atom. The number of benzene rings is 1. The van der Waals surface area contributed by atoms with Gasteiger partial charge in [0.05, 0.1) is 18.6 Å². The number of hydrogen-bond acceptors (Lipinski definition) is 4. The van der Waals surface area contributed by atoms with Crippen molar-refractivity contribution in [2.45, 2.75) is 12.5 Å². The summed E-state index contributed by atoms with van der Waals surface area (Å²) in [5.74, 6) is 0.511. The summed E-state index contributed by atoms with van der Waals surface area (Å²) >= 11 is 0. The number of amides is 1. The second-order valence-corrected chi connectivity index (χ2v) is 6.53. The summed E-state index contributed by atoms with van der Waals surface area (Å²) < 4.78 is 27.6. The highest BCUT2D eigenvalue weighted by molar-refractivity contribution is 7.91. The van der Waals surface area contributed by atoms with Crippen molar-refractivity contribution in [2.75, 3.05) is 18.6 Å². The molecule has 0 aromatic heterocycles. The largest absolute Gasteiger partial charge is 0.497 e. The highest BCUT2D eigenvalue weighted by Gasteiger charge is 2.29. The average Bonchev–Trinajstić information content (AvgIpc) is 2.68. The van der Waals surface area contributed by atoms with E-state index in [0.29, 0.717) is 17.7 Å². The molecule has 1 aliphatic rings. The van der Waals surface area contributed by atoms with Crippen molar-refractivity contribution in [2.24, 2.45) is 0 Å². The summed E-state index contributed by atoms with van der Waals surface area (Å²) in [5, 5.41) is 2.73. The lowest BCUT2D eigenvalue weighted by Gasteiger charge is -2.11. The maximum absolute atomic E-state index is 11.9. The molecule has 1 aromatic carbocycles. The fourth-order valence-corrected chi connectivity index (χ4v) is 3.62. The van der Waals surface area contributed by atoms with Gasteiger partial charge in [-0.25, -0.2) is 8.42 Å². The van der Waals surface area contributed by atoms with Crippen LogP contribution < -0.4 is 10.1 Å². The zero-order chi connectivity index (χ0) is 13.2. The highest BCUT2D eigenvalue weighted by Crippen LogP contribution is 2.15. The molecule has 1 unspecified atom stereocenters. The van der Waals surface area contributed by atoms with Crippen LogP contribution in [0.1, 0.15) is 16.8 Å². The molecule has 1 atom stereocenters. The third kappa shape index (κ3) is 3.01. The molecule has 1 aliphatic heterocycles. The molecule has 2 rings (SSSR count). The van der Waals surface area contributed by atoms with Crippen molar-refractivity contribution in [3.63, 3.8) is 0 Å². The van der Waals surface area contributed by atoms with Crippen LogP contribution in [0.5, 0.6) is 5.75 Å². The molecule has 0 bridgehead atoms. The van der Waals surface area contributed by atoms with Gasteiger partial charge in [-0.1, -0.05) is 6.07 Å². The first-order valence-corrected chi connectivity index (χ1v) is 7.48. The molecule has 0 aliphatic carbocycles. The first kappa shape index (κ1) is 12.9. The standard InChI is InChI=1S/C12H15NO4S/c1-17-11-4-2-3-9(7-11)12(14)13-10-5-6-18(15,16)8-10/h2-4,7,10H,5-6,8H2,1H3,(H,13,14). The first-order chi connectivity index (χ1) is 8.50. The number of carbonyl (C=O) groups excluding carboxylic acids is 1. The van der Waals surface area contributed by atoms with E-state index in [1.54, 1.807) is 24.3 Å². The van der Waals surface area contributed by atoms with E-state index in [0.717, 1.165) is 0 Å². The van der Waals surface area contributed by atoms with Crippen LogP contribution in [0.2, 0.25) is 0 Å². The maximum atomic E-state index is 11.9. The molecular weight excluding hydrogens is 254 g/mol. The predicted molar refractivity (Wildman–Crippen MR) is 67.5 cm³/mol. The van der Waals surface area contributed by atoms with Gasteiger partial charge in [-0.3, -0.25) is 4.79 Å². The molecule has 1 N–H and O–H groups in total. The lowest BCUT2D eigenvalue weighted by atomic mass is 10.2. The second kappa shape index (κ2) is 4.97. The van der Waals surface area contributed by atoms with E-state index in [1.165, 1.54) is 7.11 Å². The third-order valence-electron chi connectivity index (χ3n) is 2.90. The van der Waals surface area contributed by atoms with E-state index < -0.39 is 9.84 Å². The van der Waals surface area contributed by atoms with Gasteiger partial charge in [0.2, 0.25) is 0 Å². The van der Waals surface area contributed by atoms with E-state index in [4.69, 9.17) is 4.74 Å². The van der Waals surface area contributed by atoms with Crippen LogP contribution in [0, 0.1) is 0 Å². The van der Waals surface area contributed by atoms with Crippen LogP contribution in [-0.4, -0.2) is 39.0 Å². The van der Waals surface area contributed by atoms with Crippen molar-refractivity contribution < 1.29 is 17.9 Å². The van der Waals surface area contributed by atoms with E-state index in [1.807, 2.05) is 0 Å². The fraction of sp³-hybridized carbons (Fsp3) is 0.417. The topological polar surface area (TPSA) is 72.5 Å². The summed E-state index contributed by atoms with van der Waals surface area (Å²) in [6, 6.07) is 6.48. The fourth-order valence-electron chi connectivity index (χ4n) is 1.94. The van der Waals surface area contributed by atoms with Gasteiger partial charge in [0.25, 0.3) is 5.91 Å². The summed E-state index contributed by atoms with van der Waals surface area (Å²) in [6.07, 6.45) is 0.484. The molecular formula is C12H15NO4S. The zero-order valence-corrected chi connectivity index (χ0v) is 10.9.